The van der Waals surface area contributed by atoms with E-state index in [0.29, 0.717) is 19.6 Å². The quantitative estimate of drug-likeness (QED) is 0.511. The molecule has 21 heavy (non-hydrogen) atoms. The zero-order valence-electron chi connectivity index (χ0n) is 12.8. The van der Waals surface area contributed by atoms with Crippen molar-refractivity contribution in [3.8, 4) is 0 Å². The van der Waals surface area contributed by atoms with Gasteiger partial charge in [-0.2, -0.15) is 0 Å². The molecule has 2 N–H and O–H groups in total. The summed E-state index contributed by atoms with van der Waals surface area (Å²) >= 11 is 0. The van der Waals surface area contributed by atoms with Crippen LogP contribution in [-0.2, 0) is 13.9 Å². The van der Waals surface area contributed by atoms with Crippen LogP contribution in [0.1, 0.15) is 32.6 Å². The second-order valence-corrected chi connectivity index (χ2v) is 7.16. The summed E-state index contributed by atoms with van der Waals surface area (Å²) in [7, 11) is -2.64. The van der Waals surface area contributed by atoms with Crippen LogP contribution in [0, 0.1) is 0 Å². The van der Waals surface area contributed by atoms with Crippen LogP contribution in [0.4, 0.5) is 5.69 Å². The fourth-order valence-corrected chi connectivity index (χ4v) is 3.05. The van der Waals surface area contributed by atoms with Crippen molar-refractivity contribution in [2.24, 2.45) is 0 Å². The number of unbranched alkanes of at least 4 members (excludes halogenated alkanes) is 2. The van der Waals surface area contributed by atoms with Gasteiger partial charge in [-0.1, -0.05) is 24.6 Å². The molecule has 0 saturated heterocycles. The van der Waals surface area contributed by atoms with E-state index < -0.39 is 7.52 Å². The number of hydrogen-bond donors (Lipinski definition) is 2. The zero-order valence-corrected chi connectivity index (χ0v) is 13.7. The van der Waals surface area contributed by atoms with Crippen molar-refractivity contribution < 1.29 is 13.9 Å². The van der Waals surface area contributed by atoms with Gasteiger partial charge in [-0.15, -0.1) is 0 Å². The molecule has 0 aliphatic rings. The Bertz CT molecular complexity index is 465. The average molecular weight is 312 g/mol. The molecule has 0 spiro atoms. The molecule has 0 heterocycles. The topological polar surface area (TPSA) is 67.4 Å². The maximum Gasteiger partial charge on any atom is 0.266 e. The third kappa shape index (κ3) is 8.66. The predicted octanol–water partition coefficient (Wildman–Crippen LogP) is 3.63. The highest BCUT2D eigenvalue weighted by molar-refractivity contribution is 7.56. The summed E-state index contributed by atoms with van der Waals surface area (Å²) in [5, 5.41) is 5.78. The summed E-state index contributed by atoms with van der Waals surface area (Å²) in [5.41, 5.74) is 0.827. The third-order valence-corrected chi connectivity index (χ3v) is 4.46. The van der Waals surface area contributed by atoms with Gasteiger partial charge in [-0.05, 0) is 31.9 Å². The van der Waals surface area contributed by atoms with E-state index in [-0.39, 0.29) is 5.91 Å². The highest BCUT2D eigenvalue weighted by Gasteiger charge is 2.12. The number of nitrogens with one attached hydrogen (secondary N) is 2. The minimum Gasteiger partial charge on any atom is -0.326 e. The zero-order chi connectivity index (χ0) is 15.6. The third-order valence-electron chi connectivity index (χ3n) is 2.91. The lowest BCUT2D eigenvalue weighted by Crippen LogP contribution is -2.14. The Labute approximate surface area is 127 Å². The Kier molecular flexibility index (Phi) is 8.28. The molecule has 118 valence electrons. The molecule has 1 amide bonds. The van der Waals surface area contributed by atoms with E-state index in [2.05, 4.69) is 10.4 Å². The van der Waals surface area contributed by atoms with Crippen molar-refractivity contribution in [2.45, 2.75) is 32.6 Å². The smallest absolute Gasteiger partial charge is 0.266 e. The largest absolute Gasteiger partial charge is 0.326 e. The monoisotopic (exact) mass is 312 g/mol. The molecule has 1 unspecified atom stereocenters. The van der Waals surface area contributed by atoms with Gasteiger partial charge in [0.2, 0.25) is 5.91 Å². The van der Waals surface area contributed by atoms with E-state index in [9.17, 15) is 9.36 Å². The van der Waals surface area contributed by atoms with Crippen molar-refractivity contribution in [1.29, 1.82) is 0 Å². The first kappa shape index (κ1) is 17.9. The fraction of sp³-hybridized carbons (Fsp3) is 0.533. The number of para-hydroxylation sites is 1. The van der Waals surface area contributed by atoms with Gasteiger partial charge in [-0.3, -0.25) is 9.36 Å². The number of rotatable bonds is 10. The molecule has 1 aromatic rings. The average Bonchev–Trinajstić information content (AvgIpc) is 2.43. The van der Waals surface area contributed by atoms with Gasteiger partial charge >= 0.3 is 0 Å². The second kappa shape index (κ2) is 9.72. The minimum absolute atomic E-state index is 0.0321. The van der Waals surface area contributed by atoms with Gasteiger partial charge in [0.1, 0.15) is 0 Å². The van der Waals surface area contributed by atoms with Gasteiger partial charge in [0.05, 0.1) is 6.61 Å². The Morgan fingerprint density at radius 3 is 2.57 bits per heavy atom. The molecule has 0 saturated carbocycles. The molecule has 0 aliphatic heterocycles. The van der Waals surface area contributed by atoms with Crippen LogP contribution in [0.3, 0.4) is 0 Å². The van der Waals surface area contributed by atoms with Crippen molar-refractivity contribution >= 4 is 19.1 Å². The number of anilines is 1. The number of amides is 1. The minimum atomic E-state index is -2.64. The first-order valence-corrected chi connectivity index (χ1v) is 9.43. The van der Waals surface area contributed by atoms with Crippen molar-refractivity contribution in [3.05, 3.63) is 30.3 Å². The van der Waals surface area contributed by atoms with Crippen molar-refractivity contribution in [3.63, 3.8) is 0 Å². The number of hydrogen-bond acceptors (Lipinski definition) is 3. The van der Waals surface area contributed by atoms with Crippen molar-refractivity contribution in [1.82, 2.24) is 5.09 Å². The Morgan fingerprint density at radius 1 is 1.19 bits per heavy atom. The van der Waals surface area contributed by atoms with Crippen LogP contribution in [0.5, 0.6) is 0 Å². The number of carbonyl (C=O) groups is 1. The fourth-order valence-electron chi connectivity index (χ4n) is 1.91. The maximum absolute atomic E-state index is 11.8. The van der Waals surface area contributed by atoms with E-state index in [1.807, 2.05) is 37.3 Å². The lowest BCUT2D eigenvalue weighted by atomic mass is 10.2. The highest BCUT2D eigenvalue weighted by atomic mass is 31.2. The molecule has 0 radical (unpaired) electrons. The highest BCUT2D eigenvalue weighted by Crippen LogP contribution is 2.36. The van der Waals surface area contributed by atoms with Crippen LogP contribution in [0.2, 0.25) is 0 Å². The Balaban J connectivity index is 2.06. The molecule has 5 nitrogen and oxygen atoms in total. The first-order chi connectivity index (χ1) is 10.0. The van der Waals surface area contributed by atoms with Crippen LogP contribution in [0.25, 0.3) is 0 Å². The van der Waals surface area contributed by atoms with E-state index in [1.165, 1.54) is 0 Å². The van der Waals surface area contributed by atoms with E-state index >= 15 is 0 Å². The van der Waals surface area contributed by atoms with Gasteiger partial charge in [0.15, 0.2) is 0 Å². The van der Waals surface area contributed by atoms with E-state index in [0.717, 1.165) is 24.9 Å². The summed E-state index contributed by atoms with van der Waals surface area (Å²) < 4.78 is 16.9. The second-order valence-electron chi connectivity index (χ2n) is 4.90. The van der Waals surface area contributed by atoms with Gasteiger partial charge in [0.25, 0.3) is 7.52 Å². The number of carbonyl (C=O) groups excluding carboxylic acids is 1. The summed E-state index contributed by atoms with van der Waals surface area (Å²) in [4.78, 5) is 11.7. The normalized spacial score (nSPS) is 13.6. The molecule has 0 bridgehead atoms. The Morgan fingerprint density at radius 2 is 1.90 bits per heavy atom. The van der Waals surface area contributed by atoms with Crippen LogP contribution >= 0.6 is 7.52 Å². The van der Waals surface area contributed by atoms with Gasteiger partial charge in [0, 0.05) is 25.3 Å². The van der Waals surface area contributed by atoms with Crippen LogP contribution in [0.15, 0.2) is 30.3 Å². The summed E-state index contributed by atoms with van der Waals surface area (Å²) in [6.07, 6.45) is 3.12. The predicted molar refractivity (Wildman–Crippen MR) is 86.7 cm³/mol. The van der Waals surface area contributed by atoms with Gasteiger partial charge in [-0.25, -0.2) is 5.09 Å². The van der Waals surface area contributed by atoms with Crippen LogP contribution < -0.4 is 10.4 Å². The summed E-state index contributed by atoms with van der Waals surface area (Å²) in [6, 6.07) is 9.44. The lowest BCUT2D eigenvalue weighted by Gasteiger charge is -2.13. The molecular weight excluding hydrogens is 287 g/mol. The summed E-state index contributed by atoms with van der Waals surface area (Å²) in [6.45, 7) is 4.50. The number of benzene rings is 1. The van der Waals surface area contributed by atoms with E-state index in [1.54, 1.807) is 6.66 Å². The molecule has 1 atom stereocenters. The molecular formula is C15H25N2O3P. The van der Waals surface area contributed by atoms with Crippen LogP contribution in [-0.4, -0.2) is 25.7 Å². The standard InChI is InChI=1S/C15H25N2O3P/c1-3-20-21(2,19)16-13-9-5-8-12-15(18)17-14-10-6-4-7-11-14/h4,6-7,10-11H,3,5,8-9,12-13H2,1-2H3,(H,16,19)(H,17,18). The lowest BCUT2D eigenvalue weighted by molar-refractivity contribution is -0.116. The SMILES string of the molecule is CCOP(C)(=O)NCCCCCC(=O)Nc1ccccc1. The van der Waals surface area contributed by atoms with Gasteiger partial charge < -0.3 is 9.84 Å². The summed E-state index contributed by atoms with van der Waals surface area (Å²) in [5.74, 6) is 0.0321. The maximum atomic E-state index is 11.8. The molecule has 6 heteroatoms. The Hall–Kier alpha value is -1.16. The molecule has 0 aromatic heterocycles. The first-order valence-electron chi connectivity index (χ1n) is 7.35. The van der Waals surface area contributed by atoms with E-state index in [4.69, 9.17) is 4.52 Å². The van der Waals surface area contributed by atoms with Crippen molar-refractivity contribution in [2.75, 3.05) is 25.1 Å². The molecule has 1 aromatic carbocycles. The molecule has 0 aliphatic carbocycles. The molecule has 0 fully saturated rings. The molecule has 1 rings (SSSR count).